The van der Waals surface area contributed by atoms with Gasteiger partial charge >= 0.3 is 6.36 Å². The number of likely N-dealkylation sites (tertiary alicyclic amines) is 1. The van der Waals surface area contributed by atoms with Gasteiger partial charge < -0.3 is 15.0 Å². The number of anilines is 1. The van der Waals surface area contributed by atoms with Crippen LogP contribution < -0.4 is 10.1 Å². The van der Waals surface area contributed by atoms with E-state index < -0.39 is 61.1 Å². The zero-order chi connectivity index (χ0) is 27.7. The minimum atomic E-state index is -5.02. The minimum absolute atomic E-state index is 0.197. The molecule has 0 bridgehead atoms. The lowest BCUT2D eigenvalue weighted by Gasteiger charge is -2.37. The summed E-state index contributed by atoms with van der Waals surface area (Å²) >= 11 is 5.79. The highest BCUT2D eigenvalue weighted by Gasteiger charge is 2.44. The van der Waals surface area contributed by atoms with Crippen molar-refractivity contribution in [3.63, 3.8) is 0 Å². The molecule has 1 aliphatic rings. The van der Waals surface area contributed by atoms with Crippen molar-refractivity contribution >= 4 is 29.1 Å². The third-order valence-corrected chi connectivity index (χ3v) is 5.82. The Morgan fingerprint density at radius 1 is 1.05 bits per heavy atom. The van der Waals surface area contributed by atoms with Crippen LogP contribution in [0.15, 0.2) is 60.9 Å². The van der Waals surface area contributed by atoms with Gasteiger partial charge in [0.15, 0.2) is 0 Å². The van der Waals surface area contributed by atoms with E-state index in [-0.39, 0.29) is 16.3 Å². The number of benzene rings is 2. The molecule has 6 nitrogen and oxygen atoms in total. The van der Waals surface area contributed by atoms with E-state index in [1.165, 1.54) is 24.5 Å². The number of rotatable bonds is 5. The molecule has 2 heterocycles. The third kappa shape index (κ3) is 6.94. The summed E-state index contributed by atoms with van der Waals surface area (Å²) in [5, 5.41) is 2.04. The highest BCUT2D eigenvalue weighted by Crippen LogP contribution is 2.34. The van der Waals surface area contributed by atoms with Gasteiger partial charge in [0, 0.05) is 47.7 Å². The molecule has 13 heteroatoms. The van der Waals surface area contributed by atoms with Crippen molar-refractivity contribution in [2.45, 2.75) is 18.7 Å². The monoisotopic (exact) mass is 557 g/mol. The molecular formula is C25H18ClF6N3O3. The first-order valence-electron chi connectivity index (χ1n) is 11.0. The molecule has 1 aliphatic heterocycles. The van der Waals surface area contributed by atoms with Crippen LogP contribution in [-0.2, 0) is 4.79 Å². The number of hydrogen-bond donors (Lipinski definition) is 1. The largest absolute Gasteiger partial charge is 0.573 e. The standard InChI is InChI=1S/C25H18ClF6N3O3/c26-18-8-20(10-21(9-18)38-25(30,31)32)34-22(36)17-11-24(28,29)13-35(12-17)23(37)16-5-15(6-19(27)7-16)14-1-3-33-4-2-14/h1-10,17H,11-13H2,(H,34,36). The zero-order valence-electron chi connectivity index (χ0n) is 19.2. The fraction of sp³-hybridized carbons (Fsp3) is 0.240. The van der Waals surface area contributed by atoms with Crippen molar-refractivity contribution < 1.29 is 40.7 Å². The Labute approximate surface area is 217 Å². The molecule has 200 valence electrons. The number of ether oxygens (including phenoxy) is 1. The number of hydrogen-bond acceptors (Lipinski definition) is 4. The van der Waals surface area contributed by atoms with Gasteiger partial charge in [0.1, 0.15) is 11.6 Å². The van der Waals surface area contributed by atoms with Crippen LogP contribution >= 0.6 is 11.6 Å². The number of piperidine rings is 1. The van der Waals surface area contributed by atoms with Crippen molar-refractivity contribution in [1.29, 1.82) is 0 Å². The van der Waals surface area contributed by atoms with Gasteiger partial charge in [0.05, 0.1) is 12.5 Å². The molecule has 0 radical (unpaired) electrons. The molecule has 0 saturated carbocycles. The predicted octanol–water partition coefficient (Wildman–Crippen LogP) is 6.18. The Morgan fingerprint density at radius 3 is 2.45 bits per heavy atom. The van der Waals surface area contributed by atoms with E-state index in [2.05, 4.69) is 15.0 Å². The number of amides is 2. The summed E-state index contributed by atoms with van der Waals surface area (Å²) in [5.41, 5.74) is 0.454. The van der Waals surface area contributed by atoms with Crippen LogP contribution in [0.1, 0.15) is 16.8 Å². The maximum absolute atomic E-state index is 14.6. The average molecular weight is 558 g/mol. The molecule has 2 aromatic carbocycles. The Kier molecular flexibility index (Phi) is 7.54. The van der Waals surface area contributed by atoms with Crippen LogP contribution in [0.4, 0.5) is 32.0 Å². The SMILES string of the molecule is O=C(Nc1cc(Cl)cc(OC(F)(F)F)c1)C1CN(C(=O)c2cc(F)cc(-c3ccncc3)c2)CC(F)(F)C1. The molecule has 1 unspecified atom stereocenters. The van der Waals surface area contributed by atoms with Crippen LogP contribution in [0, 0.1) is 11.7 Å². The maximum atomic E-state index is 14.6. The first-order valence-corrected chi connectivity index (χ1v) is 11.4. The zero-order valence-corrected chi connectivity index (χ0v) is 20.0. The van der Waals surface area contributed by atoms with E-state index in [1.54, 1.807) is 12.1 Å². The molecule has 1 atom stereocenters. The van der Waals surface area contributed by atoms with E-state index in [0.717, 1.165) is 29.2 Å². The lowest BCUT2D eigenvalue weighted by Crippen LogP contribution is -2.52. The first kappa shape index (κ1) is 27.2. The van der Waals surface area contributed by atoms with Crippen LogP contribution in [0.5, 0.6) is 5.75 Å². The predicted molar refractivity (Wildman–Crippen MR) is 125 cm³/mol. The molecule has 38 heavy (non-hydrogen) atoms. The van der Waals surface area contributed by atoms with Crippen molar-refractivity contribution in [1.82, 2.24) is 9.88 Å². The Morgan fingerprint density at radius 2 is 1.76 bits per heavy atom. The molecule has 3 aromatic rings. The number of pyridine rings is 1. The highest BCUT2D eigenvalue weighted by molar-refractivity contribution is 6.31. The van der Waals surface area contributed by atoms with Gasteiger partial charge in [-0.15, -0.1) is 13.2 Å². The second-order valence-electron chi connectivity index (χ2n) is 8.62. The van der Waals surface area contributed by atoms with Crippen molar-refractivity contribution in [3.05, 3.63) is 77.3 Å². The fourth-order valence-corrected chi connectivity index (χ4v) is 4.33. The van der Waals surface area contributed by atoms with Crippen molar-refractivity contribution in [3.8, 4) is 16.9 Å². The molecule has 0 spiro atoms. The summed E-state index contributed by atoms with van der Waals surface area (Å²) in [4.78, 5) is 30.5. The Hall–Kier alpha value is -3.80. The molecule has 1 N–H and O–H groups in total. The number of alkyl halides is 5. The van der Waals surface area contributed by atoms with Gasteiger partial charge in [-0.2, -0.15) is 0 Å². The maximum Gasteiger partial charge on any atom is 0.573 e. The van der Waals surface area contributed by atoms with E-state index in [9.17, 15) is 35.9 Å². The molecule has 0 aliphatic carbocycles. The van der Waals surface area contributed by atoms with Crippen LogP contribution in [0.2, 0.25) is 5.02 Å². The summed E-state index contributed by atoms with van der Waals surface area (Å²) < 4.78 is 84.9. The Balaban J connectivity index is 1.54. The number of aromatic nitrogens is 1. The fourth-order valence-electron chi connectivity index (χ4n) is 4.11. The third-order valence-electron chi connectivity index (χ3n) is 5.60. The van der Waals surface area contributed by atoms with E-state index in [1.807, 2.05) is 0 Å². The summed E-state index contributed by atoms with van der Waals surface area (Å²) in [7, 11) is 0. The molecule has 1 saturated heterocycles. The van der Waals surface area contributed by atoms with Gasteiger partial charge in [0.25, 0.3) is 11.8 Å². The average Bonchev–Trinajstić information content (AvgIpc) is 2.81. The van der Waals surface area contributed by atoms with E-state index in [4.69, 9.17) is 11.6 Å². The summed E-state index contributed by atoms with van der Waals surface area (Å²) in [6.07, 6.45) is -3.00. The van der Waals surface area contributed by atoms with E-state index >= 15 is 0 Å². The van der Waals surface area contributed by atoms with Gasteiger partial charge in [-0.1, -0.05) is 11.6 Å². The number of carbonyl (C=O) groups is 2. The number of nitrogens with one attached hydrogen (secondary N) is 1. The van der Waals surface area contributed by atoms with Crippen LogP contribution in [0.25, 0.3) is 11.1 Å². The van der Waals surface area contributed by atoms with Crippen LogP contribution in [0.3, 0.4) is 0 Å². The normalized spacial score (nSPS) is 17.1. The minimum Gasteiger partial charge on any atom is -0.406 e. The molecule has 2 amide bonds. The van der Waals surface area contributed by atoms with E-state index in [0.29, 0.717) is 11.1 Å². The summed E-state index contributed by atoms with van der Waals surface area (Å²) in [5.74, 6) is -8.27. The van der Waals surface area contributed by atoms with Crippen LogP contribution in [-0.4, -0.2) is 47.1 Å². The second-order valence-corrected chi connectivity index (χ2v) is 9.06. The molecule has 4 rings (SSSR count). The van der Waals surface area contributed by atoms with Crippen molar-refractivity contribution in [2.75, 3.05) is 18.4 Å². The molecule has 1 aromatic heterocycles. The number of carbonyl (C=O) groups excluding carboxylic acids is 2. The van der Waals surface area contributed by atoms with Crippen molar-refractivity contribution in [2.24, 2.45) is 5.92 Å². The first-order chi connectivity index (χ1) is 17.8. The van der Waals surface area contributed by atoms with Gasteiger partial charge in [-0.05, 0) is 53.6 Å². The second kappa shape index (κ2) is 10.5. The highest BCUT2D eigenvalue weighted by atomic mass is 35.5. The van der Waals surface area contributed by atoms with Gasteiger partial charge in [-0.25, -0.2) is 13.2 Å². The number of nitrogens with zero attached hydrogens (tertiary/aromatic N) is 2. The molecule has 1 fully saturated rings. The lowest BCUT2D eigenvalue weighted by molar-refractivity contribution is -0.274. The summed E-state index contributed by atoms with van der Waals surface area (Å²) in [6, 6.07) is 9.39. The number of halogens is 7. The Bertz CT molecular complexity index is 1350. The lowest BCUT2D eigenvalue weighted by atomic mass is 9.93. The topological polar surface area (TPSA) is 71.5 Å². The smallest absolute Gasteiger partial charge is 0.406 e. The molecular weight excluding hydrogens is 540 g/mol. The van der Waals surface area contributed by atoms with Gasteiger partial charge in [-0.3, -0.25) is 14.6 Å². The van der Waals surface area contributed by atoms with Gasteiger partial charge in [0.2, 0.25) is 5.91 Å². The summed E-state index contributed by atoms with van der Waals surface area (Å²) in [6.45, 7) is -1.44. The quantitative estimate of drug-likeness (QED) is 0.381.